The molecule has 5 heteroatoms. The van der Waals surface area contributed by atoms with Crippen molar-refractivity contribution < 1.29 is 0 Å². The summed E-state index contributed by atoms with van der Waals surface area (Å²) in [6.07, 6.45) is 7.35. The lowest BCUT2D eigenvalue weighted by Crippen LogP contribution is -2.19. The Kier molecular flexibility index (Phi) is 3.26. The van der Waals surface area contributed by atoms with Crippen LogP contribution < -0.4 is 5.32 Å². The third kappa shape index (κ3) is 2.09. The second-order valence-corrected chi connectivity index (χ2v) is 3.46. The maximum absolute atomic E-state index is 4.25. The van der Waals surface area contributed by atoms with Crippen molar-refractivity contribution in [3.8, 4) is 0 Å². The zero-order chi connectivity index (χ0) is 11.4. The maximum Gasteiger partial charge on any atom is 0.149 e. The van der Waals surface area contributed by atoms with Gasteiger partial charge in [-0.05, 0) is 20.0 Å². The van der Waals surface area contributed by atoms with Crippen LogP contribution in [0.3, 0.4) is 0 Å². The van der Waals surface area contributed by atoms with E-state index in [4.69, 9.17) is 0 Å². The third-order valence-corrected chi connectivity index (χ3v) is 2.44. The number of aryl methyl sites for hydroxylation is 1. The van der Waals surface area contributed by atoms with Gasteiger partial charge in [0.25, 0.3) is 0 Å². The van der Waals surface area contributed by atoms with Gasteiger partial charge in [-0.2, -0.15) is 5.10 Å². The first-order valence-electron chi connectivity index (χ1n) is 5.31. The Morgan fingerprint density at radius 3 is 2.69 bits per heavy atom. The molecule has 2 rings (SSSR count). The van der Waals surface area contributed by atoms with E-state index in [0.29, 0.717) is 0 Å². The normalized spacial score (nSPS) is 12.6. The minimum Gasteiger partial charge on any atom is -0.307 e. The molecule has 2 heterocycles. The summed E-state index contributed by atoms with van der Waals surface area (Å²) in [5.41, 5.74) is 1.08. The van der Waals surface area contributed by atoms with E-state index < -0.39 is 0 Å². The first kappa shape index (κ1) is 10.8. The molecule has 0 aliphatic heterocycles. The summed E-state index contributed by atoms with van der Waals surface area (Å²) in [7, 11) is 1.89. The van der Waals surface area contributed by atoms with Gasteiger partial charge in [0.15, 0.2) is 0 Å². The first-order chi connectivity index (χ1) is 7.85. The monoisotopic (exact) mass is 217 g/mol. The highest BCUT2D eigenvalue weighted by Crippen LogP contribution is 2.16. The summed E-state index contributed by atoms with van der Waals surface area (Å²) in [5.74, 6) is 0.764. The number of aromatic nitrogens is 4. The lowest BCUT2D eigenvalue weighted by molar-refractivity contribution is 0.637. The minimum absolute atomic E-state index is 0.00139. The number of rotatable bonds is 4. The molecule has 0 radical (unpaired) electrons. The van der Waals surface area contributed by atoms with Gasteiger partial charge in [0.2, 0.25) is 0 Å². The van der Waals surface area contributed by atoms with Gasteiger partial charge in [0.1, 0.15) is 5.82 Å². The summed E-state index contributed by atoms with van der Waals surface area (Å²) in [5, 5.41) is 7.44. The van der Waals surface area contributed by atoms with Crippen molar-refractivity contribution >= 4 is 0 Å². The van der Waals surface area contributed by atoms with Crippen molar-refractivity contribution in [3.63, 3.8) is 0 Å². The van der Waals surface area contributed by atoms with Gasteiger partial charge in [-0.1, -0.05) is 0 Å². The SMILES string of the molecule is CCn1cc(C(NC)c2ncccn2)cn1. The van der Waals surface area contributed by atoms with Crippen molar-refractivity contribution in [2.45, 2.75) is 19.5 Å². The fourth-order valence-corrected chi connectivity index (χ4v) is 1.61. The largest absolute Gasteiger partial charge is 0.307 e. The summed E-state index contributed by atoms with van der Waals surface area (Å²) in [6.45, 7) is 2.93. The standard InChI is InChI=1S/C11H15N5/c1-3-16-8-9(7-15-16)10(12-2)11-13-5-4-6-14-11/h4-8,10,12H,3H2,1-2H3. The highest BCUT2D eigenvalue weighted by atomic mass is 15.3. The van der Waals surface area contributed by atoms with Gasteiger partial charge < -0.3 is 5.32 Å². The summed E-state index contributed by atoms with van der Waals surface area (Å²) < 4.78 is 1.89. The molecule has 0 spiro atoms. The Labute approximate surface area is 94.5 Å². The zero-order valence-electron chi connectivity index (χ0n) is 9.46. The molecule has 2 aromatic heterocycles. The molecule has 1 atom stereocenters. The number of nitrogens with one attached hydrogen (secondary N) is 1. The molecule has 1 N–H and O–H groups in total. The Hall–Kier alpha value is -1.75. The van der Waals surface area contributed by atoms with Crippen molar-refractivity contribution in [1.82, 2.24) is 25.1 Å². The molecule has 2 aromatic rings. The van der Waals surface area contributed by atoms with Crippen LogP contribution in [0.4, 0.5) is 0 Å². The molecule has 0 bridgehead atoms. The average Bonchev–Trinajstić information content (AvgIpc) is 2.80. The predicted octanol–water partition coefficient (Wildman–Crippen LogP) is 1.00. The van der Waals surface area contributed by atoms with Crippen LogP contribution in [0.25, 0.3) is 0 Å². The first-order valence-corrected chi connectivity index (χ1v) is 5.31. The molecular formula is C11H15N5. The minimum atomic E-state index is 0.00139. The number of nitrogens with zero attached hydrogens (tertiary/aromatic N) is 4. The molecule has 84 valence electrons. The second-order valence-electron chi connectivity index (χ2n) is 3.46. The quantitative estimate of drug-likeness (QED) is 0.830. The molecular weight excluding hydrogens is 202 g/mol. The van der Waals surface area contributed by atoms with Crippen molar-refractivity contribution in [3.05, 3.63) is 42.2 Å². The Morgan fingerprint density at radius 2 is 2.12 bits per heavy atom. The Bertz CT molecular complexity index is 437. The van der Waals surface area contributed by atoms with Gasteiger partial charge in [-0.15, -0.1) is 0 Å². The molecule has 0 amide bonds. The van der Waals surface area contributed by atoms with Crippen LogP contribution in [0.1, 0.15) is 24.4 Å². The van der Waals surface area contributed by atoms with E-state index in [-0.39, 0.29) is 6.04 Å². The maximum atomic E-state index is 4.25. The van der Waals surface area contributed by atoms with Crippen molar-refractivity contribution in [2.75, 3.05) is 7.05 Å². The van der Waals surface area contributed by atoms with E-state index >= 15 is 0 Å². The molecule has 0 aromatic carbocycles. The lowest BCUT2D eigenvalue weighted by atomic mass is 10.1. The topological polar surface area (TPSA) is 55.6 Å². The van der Waals surface area contributed by atoms with Gasteiger partial charge in [0.05, 0.1) is 12.2 Å². The van der Waals surface area contributed by atoms with E-state index in [1.54, 1.807) is 12.4 Å². The molecule has 0 aliphatic carbocycles. The summed E-state index contributed by atoms with van der Waals surface area (Å²) in [4.78, 5) is 8.50. The van der Waals surface area contributed by atoms with Crippen LogP contribution in [-0.2, 0) is 6.54 Å². The van der Waals surface area contributed by atoms with Crippen molar-refractivity contribution in [2.24, 2.45) is 0 Å². The average molecular weight is 217 g/mol. The van der Waals surface area contributed by atoms with Gasteiger partial charge in [-0.25, -0.2) is 9.97 Å². The van der Waals surface area contributed by atoms with Crippen LogP contribution in [0.2, 0.25) is 0 Å². The third-order valence-electron chi connectivity index (χ3n) is 2.44. The molecule has 1 unspecified atom stereocenters. The van der Waals surface area contributed by atoms with E-state index in [1.165, 1.54) is 0 Å². The Morgan fingerprint density at radius 1 is 1.38 bits per heavy atom. The molecule has 0 fully saturated rings. The fraction of sp³-hybridized carbons (Fsp3) is 0.364. The van der Waals surface area contributed by atoms with Gasteiger partial charge in [-0.3, -0.25) is 4.68 Å². The summed E-state index contributed by atoms with van der Waals surface area (Å²) >= 11 is 0. The highest BCUT2D eigenvalue weighted by molar-refractivity contribution is 5.18. The van der Waals surface area contributed by atoms with E-state index in [1.807, 2.05) is 30.2 Å². The van der Waals surface area contributed by atoms with Crippen LogP contribution in [-0.4, -0.2) is 26.8 Å². The molecule has 16 heavy (non-hydrogen) atoms. The predicted molar refractivity (Wildman–Crippen MR) is 60.8 cm³/mol. The molecule has 5 nitrogen and oxygen atoms in total. The number of hydrogen-bond donors (Lipinski definition) is 1. The number of hydrogen-bond acceptors (Lipinski definition) is 4. The van der Waals surface area contributed by atoms with Crippen molar-refractivity contribution in [1.29, 1.82) is 0 Å². The van der Waals surface area contributed by atoms with Crippen LogP contribution in [0.15, 0.2) is 30.9 Å². The molecule has 0 saturated heterocycles. The van der Waals surface area contributed by atoms with Gasteiger partial charge in [0, 0.05) is 30.7 Å². The van der Waals surface area contributed by atoms with E-state index in [0.717, 1.165) is 17.9 Å². The fourth-order valence-electron chi connectivity index (χ4n) is 1.61. The molecule has 0 saturated carbocycles. The lowest BCUT2D eigenvalue weighted by Gasteiger charge is -2.11. The van der Waals surface area contributed by atoms with Gasteiger partial charge >= 0.3 is 0 Å². The highest BCUT2D eigenvalue weighted by Gasteiger charge is 2.15. The van der Waals surface area contributed by atoms with Crippen LogP contribution >= 0.6 is 0 Å². The molecule has 0 aliphatic rings. The van der Waals surface area contributed by atoms with E-state index in [2.05, 4.69) is 27.3 Å². The van der Waals surface area contributed by atoms with Crippen LogP contribution in [0, 0.1) is 0 Å². The van der Waals surface area contributed by atoms with Crippen LogP contribution in [0.5, 0.6) is 0 Å². The van der Waals surface area contributed by atoms with E-state index in [9.17, 15) is 0 Å². The second kappa shape index (κ2) is 4.85. The Balaban J connectivity index is 2.29. The summed E-state index contributed by atoms with van der Waals surface area (Å²) in [6, 6.07) is 1.81. The zero-order valence-corrected chi connectivity index (χ0v) is 9.46. The smallest absolute Gasteiger partial charge is 0.149 e.